The highest BCUT2D eigenvalue weighted by atomic mass is 79.9. The standard InChI is InChI=1S/C13H17Br3N2O/c1-4-7(2)17-13(19)8(3)18-12-10(15)5-9(14)6-11(12)16/h5-8,18H,4H2,1-3H3,(H,17,19). The maximum atomic E-state index is 12.0. The van der Waals surface area contributed by atoms with Crippen molar-refractivity contribution in [2.75, 3.05) is 5.32 Å². The molecule has 0 heterocycles. The molecule has 0 saturated heterocycles. The molecule has 2 atom stereocenters. The number of halogens is 3. The van der Waals surface area contributed by atoms with Crippen molar-refractivity contribution in [2.24, 2.45) is 0 Å². The third-order valence-corrected chi connectivity index (χ3v) is 4.47. The van der Waals surface area contributed by atoms with Gasteiger partial charge in [0.15, 0.2) is 0 Å². The Balaban J connectivity index is 2.77. The molecule has 0 aliphatic rings. The van der Waals surface area contributed by atoms with Crippen molar-refractivity contribution in [3.05, 3.63) is 25.6 Å². The molecule has 1 amide bonds. The van der Waals surface area contributed by atoms with Crippen LogP contribution in [0.1, 0.15) is 27.2 Å². The predicted molar refractivity (Wildman–Crippen MR) is 90.5 cm³/mol. The van der Waals surface area contributed by atoms with Gasteiger partial charge >= 0.3 is 0 Å². The van der Waals surface area contributed by atoms with Gasteiger partial charge in [-0.25, -0.2) is 0 Å². The van der Waals surface area contributed by atoms with Crippen LogP contribution < -0.4 is 10.6 Å². The minimum Gasteiger partial charge on any atom is -0.372 e. The van der Waals surface area contributed by atoms with Crippen LogP contribution in [0.5, 0.6) is 0 Å². The topological polar surface area (TPSA) is 41.1 Å². The SMILES string of the molecule is CCC(C)NC(=O)C(C)Nc1c(Br)cc(Br)cc1Br. The van der Waals surface area contributed by atoms with Gasteiger partial charge in [0.1, 0.15) is 6.04 Å². The molecule has 6 heteroatoms. The largest absolute Gasteiger partial charge is 0.372 e. The first-order valence-electron chi connectivity index (χ1n) is 6.06. The summed E-state index contributed by atoms with van der Waals surface area (Å²) in [6.07, 6.45) is 0.921. The maximum Gasteiger partial charge on any atom is 0.242 e. The van der Waals surface area contributed by atoms with Crippen LogP contribution in [0.4, 0.5) is 5.69 Å². The molecule has 0 aromatic heterocycles. The Hall–Kier alpha value is -0.0700. The Morgan fingerprint density at radius 2 is 1.74 bits per heavy atom. The molecular weight excluding hydrogens is 440 g/mol. The lowest BCUT2D eigenvalue weighted by molar-refractivity contribution is -0.122. The minimum atomic E-state index is -0.303. The van der Waals surface area contributed by atoms with Gasteiger partial charge in [0, 0.05) is 19.5 Å². The number of carbonyl (C=O) groups is 1. The van der Waals surface area contributed by atoms with Gasteiger partial charge in [0.25, 0.3) is 0 Å². The van der Waals surface area contributed by atoms with Crippen molar-refractivity contribution in [3.63, 3.8) is 0 Å². The van der Waals surface area contributed by atoms with Gasteiger partial charge in [0.05, 0.1) is 5.69 Å². The van der Waals surface area contributed by atoms with E-state index in [1.807, 2.05) is 32.9 Å². The summed E-state index contributed by atoms with van der Waals surface area (Å²) in [5, 5.41) is 6.17. The van der Waals surface area contributed by atoms with E-state index in [9.17, 15) is 4.79 Å². The van der Waals surface area contributed by atoms with Crippen LogP contribution >= 0.6 is 47.8 Å². The lowest BCUT2D eigenvalue weighted by Crippen LogP contribution is -2.41. The zero-order valence-corrected chi connectivity index (χ0v) is 15.8. The average Bonchev–Trinajstić information content (AvgIpc) is 2.32. The normalized spacial score (nSPS) is 13.8. The lowest BCUT2D eigenvalue weighted by atomic mass is 10.2. The van der Waals surface area contributed by atoms with E-state index in [2.05, 4.69) is 58.4 Å². The summed E-state index contributed by atoms with van der Waals surface area (Å²) in [5.74, 6) is -0.00364. The highest BCUT2D eigenvalue weighted by Gasteiger charge is 2.17. The number of carbonyl (C=O) groups excluding carboxylic acids is 1. The maximum absolute atomic E-state index is 12.0. The van der Waals surface area contributed by atoms with E-state index < -0.39 is 0 Å². The summed E-state index contributed by atoms with van der Waals surface area (Å²) in [7, 11) is 0. The Kier molecular flexibility index (Phi) is 6.83. The first kappa shape index (κ1) is 17.0. The minimum absolute atomic E-state index is 0.00364. The molecule has 0 fully saturated rings. The number of anilines is 1. The number of rotatable bonds is 5. The van der Waals surface area contributed by atoms with Gasteiger partial charge in [-0.05, 0) is 64.3 Å². The predicted octanol–water partition coefficient (Wildman–Crippen LogP) is 4.69. The monoisotopic (exact) mass is 454 g/mol. The molecule has 0 spiro atoms. The molecule has 1 rings (SSSR count). The van der Waals surface area contributed by atoms with Crippen LogP contribution in [0.25, 0.3) is 0 Å². The van der Waals surface area contributed by atoms with Gasteiger partial charge in [0.2, 0.25) is 5.91 Å². The summed E-state index contributed by atoms with van der Waals surface area (Å²) in [6, 6.07) is 3.76. The number of amides is 1. The van der Waals surface area contributed by atoms with Gasteiger partial charge < -0.3 is 10.6 Å². The van der Waals surface area contributed by atoms with Crippen LogP contribution in [0.3, 0.4) is 0 Å². The zero-order chi connectivity index (χ0) is 14.6. The Bertz CT molecular complexity index is 442. The summed E-state index contributed by atoms with van der Waals surface area (Å²) >= 11 is 10.4. The van der Waals surface area contributed by atoms with Gasteiger partial charge in [-0.15, -0.1) is 0 Å². The van der Waals surface area contributed by atoms with E-state index in [0.717, 1.165) is 25.5 Å². The second-order valence-electron chi connectivity index (χ2n) is 4.43. The van der Waals surface area contributed by atoms with E-state index in [-0.39, 0.29) is 18.0 Å². The molecule has 2 N–H and O–H groups in total. The quantitative estimate of drug-likeness (QED) is 0.675. The van der Waals surface area contributed by atoms with Gasteiger partial charge in [-0.2, -0.15) is 0 Å². The van der Waals surface area contributed by atoms with Crippen LogP contribution in [-0.2, 0) is 4.79 Å². The summed E-state index contributed by atoms with van der Waals surface area (Å²) in [5.41, 5.74) is 0.870. The first-order chi connectivity index (χ1) is 8.85. The van der Waals surface area contributed by atoms with Crippen molar-refractivity contribution in [1.82, 2.24) is 5.32 Å². The zero-order valence-electron chi connectivity index (χ0n) is 11.1. The van der Waals surface area contributed by atoms with Crippen LogP contribution in [0, 0.1) is 0 Å². The smallest absolute Gasteiger partial charge is 0.242 e. The van der Waals surface area contributed by atoms with Gasteiger partial charge in [-0.1, -0.05) is 22.9 Å². The second-order valence-corrected chi connectivity index (χ2v) is 7.05. The fourth-order valence-corrected chi connectivity index (χ4v) is 3.92. The van der Waals surface area contributed by atoms with Crippen molar-refractivity contribution in [2.45, 2.75) is 39.3 Å². The second kappa shape index (κ2) is 7.64. The van der Waals surface area contributed by atoms with E-state index in [1.54, 1.807) is 0 Å². The van der Waals surface area contributed by atoms with Crippen molar-refractivity contribution < 1.29 is 4.79 Å². The molecule has 0 bridgehead atoms. The molecule has 106 valence electrons. The Morgan fingerprint density at radius 3 is 2.21 bits per heavy atom. The molecule has 2 unspecified atom stereocenters. The lowest BCUT2D eigenvalue weighted by Gasteiger charge is -2.20. The molecule has 0 aliphatic heterocycles. The number of benzene rings is 1. The molecule has 0 saturated carbocycles. The number of nitrogens with one attached hydrogen (secondary N) is 2. The molecule has 0 aliphatic carbocycles. The number of hydrogen-bond donors (Lipinski definition) is 2. The molecule has 1 aromatic rings. The molecule has 3 nitrogen and oxygen atoms in total. The average molecular weight is 457 g/mol. The van der Waals surface area contributed by atoms with Crippen LogP contribution in [0.15, 0.2) is 25.6 Å². The van der Waals surface area contributed by atoms with E-state index in [0.29, 0.717) is 0 Å². The Labute approximate surface area is 139 Å². The fourth-order valence-electron chi connectivity index (χ4n) is 1.43. The first-order valence-corrected chi connectivity index (χ1v) is 8.44. The summed E-state index contributed by atoms with van der Waals surface area (Å²) in [6.45, 7) is 5.89. The van der Waals surface area contributed by atoms with Crippen molar-refractivity contribution in [1.29, 1.82) is 0 Å². The third-order valence-electron chi connectivity index (χ3n) is 2.76. The van der Waals surface area contributed by atoms with E-state index in [1.165, 1.54) is 0 Å². The van der Waals surface area contributed by atoms with Crippen LogP contribution in [0.2, 0.25) is 0 Å². The summed E-state index contributed by atoms with van der Waals surface area (Å²) in [4.78, 5) is 12.0. The van der Waals surface area contributed by atoms with E-state index in [4.69, 9.17) is 0 Å². The van der Waals surface area contributed by atoms with Crippen LogP contribution in [-0.4, -0.2) is 18.0 Å². The van der Waals surface area contributed by atoms with Crippen molar-refractivity contribution >= 4 is 59.4 Å². The Morgan fingerprint density at radius 1 is 1.21 bits per heavy atom. The molecule has 1 aromatic carbocycles. The van der Waals surface area contributed by atoms with Crippen molar-refractivity contribution in [3.8, 4) is 0 Å². The molecule has 0 radical (unpaired) electrons. The number of hydrogen-bond acceptors (Lipinski definition) is 2. The highest BCUT2D eigenvalue weighted by Crippen LogP contribution is 2.34. The van der Waals surface area contributed by atoms with E-state index >= 15 is 0 Å². The highest BCUT2D eigenvalue weighted by molar-refractivity contribution is 9.11. The summed E-state index contributed by atoms with van der Waals surface area (Å²) < 4.78 is 2.77. The molecule has 19 heavy (non-hydrogen) atoms. The molecular formula is C13H17Br3N2O. The fraction of sp³-hybridized carbons (Fsp3) is 0.462. The van der Waals surface area contributed by atoms with Gasteiger partial charge in [-0.3, -0.25) is 4.79 Å². The third kappa shape index (κ3) is 5.08.